The molecule has 1 fully saturated rings. The summed E-state index contributed by atoms with van der Waals surface area (Å²) in [6.07, 6.45) is 8.06. The number of amides is 1. The zero-order valence-electron chi connectivity index (χ0n) is 16.9. The van der Waals surface area contributed by atoms with E-state index >= 15 is 0 Å². The van der Waals surface area contributed by atoms with Crippen molar-refractivity contribution in [3.63, 3.8) is 0 Å². The Bertz CT molecular complexity index is 1150. The van der Waals surface area contributed by atoms with E-state index in [1.165, 1.54) is 0 Å². The Labute approximate surface area is 179 Å². The number of hydrogen-bond acceptors (Lipinski definition) is 5. The normalized spacial score (nSPS) is 15.2. The molecule has 1 aromatic carbocycles. The molecule has 154 valence electrons. The van der Waals surface area contributed by atoms with Crippen LogP contribution in [0, 0.1) is 0 Å². The molecule has 30 heavy (non-hydrogen) atoms. The van der Waals surface area contributed by atoms with Crippen molar-refractivity contribution in [3.05, 3.63) is 71.3 Å². The maximum absolute atomic E-state index is 13.0. The second kappa shape index (κ2) is 8.04. The van der Waals surface area contributed by atoms with Crippen LogP contribution in [-0.4, -0.2) is 43.1 Å². The minimum Gasteiger partial charge on any atom is -0.337 e. The number of benzene rings is 1. The van der Waals surface area contributed by atoms with Crippen LogP contribution in [0.5, 0.6) is 0 Å². The van der Waals surface area contributed by atoms with Crippen LogP contribution in [0.25, 0.3) is 10.6 Å². The molecule has 1 unspecified atom stereocenters. The third-order valence-electron chi connectivity index (χ3n) is 5.66. The van der Waals surface area contributed by atoms with Gasteiger partial charge in [-0.15, -0.1) is 11.3 Å². The van der Waals surface area contributed by atoms with Crippen molar-refractivity contribution in [2.24, 2.45) is 0 Å². The van der Waals surface area contributed by atoms with Crippen LogP contribution in [0.4, 0.5) is 0 Å². The molecule has 1 N–H and O–H groups in total. The number of aromatic nitrogens is 4. The highest BCUT2D eigenvalue weighted by Gasteiger charge is 2.26. The minimum absolute atomic E-state index is 0.0461. The highest BCUT2D eigenvalue weighted by atomic mass is 32.1. The maximum Gasteiger partial charge on any atom is 0.274 e. The van der Waals surface area contributed by atoms with Crippen molar-refractivity contribution in [1.82, 2.24) is 29.4 Å². The molecule has 0 aliphatic carbocycles. The highest BCUT2D eigenvalue weighted by molar-refractivity contribution is 7.15. The predicted molar refractivity (Wildman–Crippen MR) is 117 cm³/mol. The van der Waals surface area contributed by atoms with Gasteiger partial charge < -0.3 is 10.2 Å². The predicted octanol–water partition coefficient (Wildman–Crippen LogP) is 3.67. The molecule has 1 amide bonds. The maximum atomic E-state index is 13.0. The summed E-state index contributed by atoms with van der Waals surface area (Å²) < 4.78 is 3.91. The van der Waals surface area contributed by atoms with Gasteiger partial charge in [-0.25, -0.2) is 9.67 Å². The lowest BCUT2D eigenvalue weighted by Crippen LogP contribution is -2.30. The van der Waals surface area contributed by atoms with Crippen LogP contribution in [0.2, 0.25) is 0 Å². The molecular formula is C22H24N6OS. The quantitative estimate of drug-likeness (QED) is 0.517. The molecule has 4 heterocycles. The van der Waals surface area contributed by atoms with Crippen LogP contribution in [-0.2, 0) is 6.54 Å². The van der Waals surface area contributed by atoms with Crippen LogP contribution < -0.4 is 5.32 Å². The molecule has 8 heteroatoms. The van der Waals surface area contributed by atoms with E-state index in [0.29, 0.717) is 12.2 Å². The molecule has 5 rings (SSSR count). The topological polar surface area (TPSA) is 67.5 Å². The van der Waals surface area contributed by atoms with Gasteiger partial charge >= 0.3 is 0 Å². The molecule has 7 nitrogen and oxygen atoms in total. The van der Waals surface area contributed by atoms with Gasteiger partial charge in [-0.2, -0.15) is 5.10 Å². The first kappa shape index (κ1) is 19.0. The number of fused-ring (bicyclic) bond motifs is 1. The molecule has 1 aliphatic heterocycles. The molecule has 0 radical (unpaired) electrons. The Morgan fingerprint density at radius 1 is 1.23 bits per heavy atom. The third kappa shape index (κ3) is 3.53. The van der Waals surface area contributed by atoms with E-state index < -0.39 is 0 Å². The van der Waals surface area contributed by atoms with Crippen molar-refractivity contribution in [1.29, 1.82) is 0 Å². The third-order valence-corrected chi connectivity index (χ3v) is 6.41. The van der Waals surface area contributed by atoms with Crippen molar-refractivity contribution < 1.29 is 4.79 Å². The number of likely N-dealkylation sites (tertiary alicyclic amines) is 1. The van der Waals surface area contributed by atoms with Gasteiger partial charge in [-0.3, -0.25) is 9.20 Å². The number of imidazole rings is 1. The fourth-order valence-corrected chi connectivity index (χ4v) is 4.63. The van der Waals surface area contributed by atoms with Crippen molar-refractivity contribution in [2.75, 3.05) is 13.1 Å². The number of nitrogens with one attached hydrogen (secondary N) is 1. The van der Waals surface area contributed by atoms with Gasteiger partial charge in [0, 0.05) is 49.0 Å². The van der Waals surface area contributed by atoms with Gasteiger partial charge in [0.05, 0.1) is 17.6 Å². The van der Waals surface area contributed by atoms with E-state index in [-0.39, 0.29) is 11.9 Å². The van der Waals surface area contributed by atoms with E-state index in [1.807, 2.05) is 68.3 Å². The monoisotopic (exact) mass is 420 g/mol. The summed E-state index contributed by atoms with van der Waals surface area (Å²) in [7, 11) is 0. The molecule has 1 atom stereocenters. The van der Waals surface area contributed by atoms with E-state index in [0.717, 1.165) is 47.8 Å². The summed E-state index contributed by atoms with van der Waals surface area (Å²) in [6, 6.07) is 10.2. The van der Waals surface area contributed by atoms with E-state index in [4.69, 9.17) is 0 Å². The second-order valence-electron chi connectivity index (χ2n) is 7.62. The number of para-hydroxylation sites is 1. The van der Waals surface area contributed by atoms with Crippen molar-refractivity contribution >= 4 is 22.2 Å². The highest BCUT2D eigenvalue weighted by Crippen LogP contribution is 2.22. The summed E-state index contributed by atoms with van der Waals surface area (Å²) >= 11 is 1.55. The first-order valence-electron chi connectivity index (χ1n) is 10.3. The number of carbonyl (C=O) groups excluding carboxylic acids is 1. The Morgan fingerprint density at radius 2 is 2.03 bits per heavy atom. The molecule has 0 bridgehead atoms. The standard InChI is InChI=1S/C22H24N6OS/c1-16(17-13-24-28(15-17)18-7-3-2-4-8-18)23-14-19-20(21(29)26-9-5-6-10-26)25-22-27(19)11-12-30-22/h2-4,7-8,11-13,15-16,23H,5-6,9-10,14H2,1H3. The largest absolute Gasteiger partial charge is 0.337 e. The van der Waals surface area contributed by atoms with Crippen LogP contribution in [0.3, 0.4) is 0 Å². The number of hydrogen-bond donors (Lipinski definition) is 1. The summed E-state index contributed by atoms with van der Waals surface area (Å²) in [4.78, 5) is 20.4. The van der Waals surface area contributed by atoms with Crippen molar-refractivity contribution in [3.8, 4) is 5.69 Å². The SMILES string of the molecule is CC(NCc1c(C(=O)N2CCCC2)nc2sccn12)c1cnn(-c2ccccc2)c1. The van der Waals surface area contributed by atoms with Gasteiger partial charge in [0.15, 0.2) is 10.7 Å². The van der Waals surface area contributed by atoms with E-state index in [1.54, 1.807) is 11.3 Å². The zero-order chi connectivity index (χ0) is 20.5. The summed E-state index contributed by atoms with van der Waals surface area (Å²) in [5, 5.41) is 10.0. The van der Waals surface area contributed by atoms with E-state index in [2.05, 4.69) is 22.3 Å². The molecule has 1 aliphatic rings. The Balaban J connectivity index is 1.35. The number of nitrogens with zero attached hydrogens (tertiary/aromatic N) is 5. The van der Waals surface area contributed by atoms with Crippen LogP contribution >= 0.6 is 11.3 Å². The first-order chi connectivity index (χ1) is 14.7. The summed E-state index contributed by atoms with van der Waals surface area (Å²) in [5.74, 6) is 0.0461. The van der Waals surface area contributed by atoms with Gasteiger partial charge in [-0.1, -0.05) is 18.2 Å². The van der Waals surface area contributed by atoms with Gasteiger partial charge in [-0.05, 0) is 31.9 Å². The fourth-order valence-electron chi connectivity index (χ4n) is 3.89. The smallest absolute Gasteiger partial charge is 0.274 e. The number of thiazole rings is 1. The minimum atomic E-state index is 0.0461. The lowest BCUT2D eigenvalue weighted by molar-refractivity contribution is 0.0786. The molecular weight excluding hydrogens is 396 g/mol. The molecule has 0 spiro atoms. The lowest BCUT2D eigenvalue weighted by Gasteiger charge is -2.16. The van der Waals surface area contributed by atoms with Gasteiger partial charge in [0.1, 0.15) is 0 Å². The molecule has 0 saturated carbocycles. The Hall–Kier alpha value is -2.97. The first-order valence-corrected chi connectivity index (χ1v) is 11.2. The molecule has 4 aromatic rings. The van der Waals surface area contributed by atoms with Crippen LogP contribution in [0.1, 0.15) is 47.6 Å². The Kier molecular flexibility index (Phi) is 5.10. The second-order valence-corrected chi connectivity index (χ2v) is 8.49. The zero-order valence-corrected chi connectivity index (χ0v) is 17.7. The van der Waals surface area contributed by atoms with Gasteiger partial charge in [0.2, 0.25) is 0 Å². The molecule has 3 aromatic heterocycles. The summed E-state index contributed by atoms with van der Waals surface area (Å²) in [6.45, 7) is 4.32. The lowest BCUT2D eigenvalue weighted by atomic mass is 10.2. The van der Waals surface area contributed by atoms with Crippen LogP contribution in [0.15, 0.2) is 54.3 Å². The summed E-state index contributed by atoms with van der Waals surface area (Å²) in [5.41, 5.74) is 3.62. The fraction of sp³-hybridized carbons (Fsp3) is 0.318. The number of rotatable bonds is 6. The molecule has 1 saturated heterocycles. The average molecular weight is 421 g/mol. The number of carbonyl (C=O) groups is 1. The van der Waals surface area contributed by atoms with Crippen molar-refractivity contribution in [2.45, 2.75) is 32.4 Å². The van der Waals surface area contributed by atoms with E-state index in [9.17, 15) is 4.79 Å². The van der Waals surface area contributed by atoms with Gasteiger partial charge in [0.25, 0.3) is 5.91 Å². The Morgan fingerprint density at radius 3 is 2.83 bits per heavy atom. The average Bonchev–Trinajstić information content (AvgIpc) is 3.56.